The van der Waals surface area contributed by atoms with Crippen LogP contribution in [0.4, 0.5) is 5.82 Å². The van der Waals surface area contributed by atoms with Crippen LogP contribution in [0.5, 0.6) is 0 Å². The lowest BCUT2D eigenvalue weighted by Gasteiger charge is -2.20. The molecule has 5 heteroatoms. The summed E-state index contributed by atoms with van der Waals surface area (Å²) in [7, 11) is 0. The van der Waals surface area contributed by atoms with Crippen LogP contribution in [0, 0.1) is 0 Å². The largest absolute Gasteiger partial charge is 0.309 e. The van der Waals surface area contributed by atoms with Crippen molar-refractivity contribution < 1.29 is 4.79 Å². The third kappa shape index (κ3) is 4.61. The second kappa shape index (κ2) is 7.68. The number of aromatic nitrogens is 2. The van der Waals surface area contributed by atoms with E-state index in [-0.39, 0.29) is 5.91 Å². The highest BCUT2D eigenvalue weighted by Gasteiger charge is 2.17. The minimum atomic E-state index is -0.0807. The van der Waals surface area contributed by atoms with E-state index in [4.69, 9.17) is 0 Å². The Morgan fingerprint density at radius 2 is 1.96 bits per heavy atom. The SMILES string of the molecule is O=C(Cc1cccc(Br)c1)Nc1ccc(C2CCCCC2)nn1. The summed E-state index contributed by atoms with van der Waals surface area (Å²) in [6, 6.07) is 11.6. The van der Waals surface area contributed by atoms with Crippen LogP contribution in [0.3, 0.4) is 0 Å². The minimum absolute atomic E-state index is 0.0807. The van der Waals surface area contributed by atoms with Crippen LogP contribution >= 0.6 is 15.9 Å². The second-order valence-electron chi connectivity index (χ2n) is 6.03. The van der Waals surface area contributed by atoms with Gasteiger partial charge in [-0.15, -0.1) is 5.10 Å². The number of hydrogen-bond donors (Lipinski definition) is 1. The average Bonchev–Trinajstić information content (AvgIpc) is 2.56. The third-order valence-corrected chi connectivity index (χ3v) is 4.72. The van der Waals surface area contributed by atoms with E-state index in [9.17, 15) is 4.79 Å². The maximum atomic E-state index is 12.1. The molecule has 0 aliphatic heterocycles. The fraction of sp³-hybridized carbons (Fsp3) is 0.389. The van der Waals surface area contributed by atoms with Crippen LogP contribution in [0.25, 0.3) is 0 Å². The lowest BCUT2D eigenvalue weighted by Crippen LogP contribution is -2.16. The number of halogens is 1. The van der Waals surface area contributed by atoms with Gasteiger partial charge in [0.05, 0.1) is 12.1 Å². The Bertz CT molecular complexity index is 666. The highest BCUT2D eigenvalue weighted by Crippen LogP contribution is 2.31. The molecule has 1 aromatic heterocycles. The van der Waals surface area contributed by atoms with Crippen molar-refractivity contribution in [2.75, 3.05) is 5.32 Å². The molecule has 1 fully saturated rings. The summed E-state index contributed by atoms with van der Waals surface area (Å²) in [6.07, 6.45) is 6.60. The van der Waals surface area contributed by atoms with E-state index in [0.717, 1.165) is 15.7 Å². The van der Waals surface area contributed by atoms with Crippen LogP contribution in [0.1, 0.15) is 49.3 Å². The smallest absolute Gasteiger partial charge is 0.229 e. The molecule has 23 heavy (non-hydrogen) atoms. The van der Waals surface area contributed by atoms with Gasteiger partial charge >= 0.3 is 0 Å². The van der Waals surface area contributed by atoms with Crippen LogP contribution in [-0.4, -0.2) is 16.1 Å². The molecule has 1 aliphatic carbocycles. The molecule has 0 saturated heterocycles. The molecule has 0 atom stereocenters. The quantitative estimate of drug-likeness (QED) is 0.859. The van der Waals surface area contributed by atoms with Crippen LogP contribution in [0.2, 0.25) is 0 Å². The Hall–Kier alpha value is -1.75. The molecule has 0 bridgehead atoms. The van der Waals surface area contributed by atoms with Crippen LogP contribution < -0.4 is 5.32 Å². The van der Waals surface area contributed by atoms with Crippen molar-refractivity contribution in [1.29, 1.82) is 0 Å². The molecule has 1 aromatic carbocycles. The maximum Gasteiger partial charge on any atom is 0.229 e. The maximum absolute atomic E-state index is 12.1. The fourth-order valence-corrected chi connectivity index (χ4v) is 3.49. The van der Waals surface area contributed by atoms with E-state index < -0.39 is 0 Å². The lowest BCUT2D eigenvalue weighted by molar-refractivity contribution is -0.115. The highest BCUT2D eigenvalue weighted by atomic mass is 79.9. The number of carbonyl (C=O) groups is 1. The zero-order valence-electron chi connectivity index (χ0n) is 13.0. The Morgan fingerprint density at radius 3 is 2.65 bits per heavy atom. The first-order chi connectivity index (χ1) is 11.2. The summed E-state index contributed by atoms with van der Waals surface area (Å²) in [6.45, 7) is 0. The van der Waals surface area contributed by atoms with Crippen molar-refractivity contribution in [1.82, 2.24) is 10.2 Å². The Balaban J connectivity index is 1.58. The molecular weight excluding hydrogens is 354 g/mol. The Morgan fingerprint density at radius 1 is 1.13 bits per heavy atom. The van der Waals surface area contributed by atoms with Gasteiger partial charge in [0, 0.05) is 10.4 Å². The van der Waals surface area contributed by atoms with Crippen LogP contribution in [-0.2, 0) is 11.2 Å². The number of nitrogens with one attached hydrogen (secondary N) is 1. The summed E-state index contributed by atoms with van der Waals surface area (Å²) in [5, 5.41) is 11.3. The zero-order chi connectivity index (χ0) is 16.1. The van der Waals surface area contributed by atoms with Gasteiger partial charge in [-0.1, -0.05) is 47.3 Å². The molecule has 1 aliphatic rings. The molecule has 3 rings (SSSR count). The monoisotopic (exact) mass is 373 g/mol. The van der Waals surface area contributed by atoms with Gasteiger partial charge in [0.1, 0.15) is 0 Å². The Labute approximate surface area is 144 Å². The fourth-order valence-electron chi connectivity index (χ4n) is 3.04. The predicted molar refractivity (Wildman–Crippen MR) is 94.3 cm³/mol. The molecular formula is C18H20BrN3O. The van der Waals surface area contributed by atoms with Gasteiger partial charge in [-0.2, -0.15) is 5.10 Å². The molecule has 0 radical (unpaired) electrons. The van der Waals surface area contributed by atoms with Crippen molar-refractivity contribution >= 4 is 27.7 Å². The van der Waals surface area contributed by atoms with Crippen molar-refractivity contribution in [3.05, 3.63) is 52.1 Å². The van der Waals surface area contributed by atoms with Crippen molar-refractivity contribution in [2.24, 2.45) is 0 Å². The minimum Gasteiger partial charge on any atom is -0.309 e. The second-order valence-corrected chi connectivity index (χ2v) is 6.95. The number of benzene rings is 1. The Kier molecular flexibility index (Phi) is 5.39. The first-order valence-corrected chi connectivity index (χ1v) is 8.88. The topological polar surface area (TPSA) is 54.9 Å². The summed E-state index contributed by atoms with van der Waals surface area (Å²) < 4.78 is 0.972. The van der Waals surface area contributed by atoms with Gasteiger partial charge in [0.2, 0.25) is 5.91 Å². The van der Waals surface area contributed by atoms with E-state index in [0.29, 0.717) is 18.2 Å². The highest BCUT2D eigenvalue weighted by molar-refractivity contribution is 9.10. The zero-order valence-corrected chi connectivity index (χ0v) is 14.6. The summed E-state index contributed by atoms with van der Waals surface area (Å²) >= 11 is 3.41. The van der Waals surface area contributed by atoms with Gasteiger partial charge < -0.3 is 5.32 Å². The summed E-state index contributed by atoms with van der Waals surface area (Å²) in [5.74, 6) is 0.968. The molecule has 0 spiro atoms. The van der Waals surface area contributed by atoms with E-state index in [2.05, 4.69) is 31.4 Å². The van der Waals surface area contributed by atoms with E-state index in [1.807, 2.05) is 36.4 Å². The number of anilines is 1. The van der Waals surface area contributed by atoms with Gasteiger partial charge in [0.25, 0.3) is 0 Å². The first-order valence-electron chi connectivity index (χ1n) is 8.08. The third-order valence-electron chi connectivity index (χ3n) is 4.23. The van der Waals surface area contributed by atoms with Gasteiger partial charge in [-0.05, 0) is 42.7 Å². The average molecular weight is 374 g/mol. The summed E-state index contributed by atoms with van der Waals surface area (Å²) in [5.41, 5.74) is 2.01. The number of hydrogen-bond acceptors (Lipinski definition) is 3. The van der Waals surface area contributed by atoms with Crippen molar-refractivity contribution in [3.63, 3.8) is 0 Å². The number of nitrogens with zero attached hydrogens (tertiary/aromatic N) is 2. The first kappa shape index (κ1) is 16.1. The molecule has 0 unspecified atom stereocenters. The summed E-state index contributed by atoms with van der Waals surface area (Å²) in [4.78, 5) is 12.1. The number of rotatable bonds is 4. The van der Waals surface area contributed by atoms with E-state index in [1.165, 1.54) is 32.1 Å². The van der Waals surface area contributed by atoms with Gasteiger partial charge in [0.15, 0.2) is 5.82 Å². The van der Waals surface area contributed by atoms with Gasteiger partial charge in [-0.3, -0.25) is 4.79 Å². The predicted octanol–water partition coefficient (Wildman–Crippen LogP) is 4.47. The molecule has 1 heterocycles. The number of amides is 1. The normalized spacial score (nSPS) is 15.3. The molecule has 1 N–H and O–H groups in total. The lowest BCUT2D eigenvalue weighted by atomic mass is 9.87. The molecule has 2 aromatic rings. The molecule has 1 amide bonds. The molecule has 120 valence electrons. The van der Waals surface area contributed by atoms with E-state index in [1.54, 1.807) is 0 Å². The number of carbonyl (C=O) groups excluding carboxylic acids is 1. The van der Waals surface area contributed by atoms with Crippen molar-refractivity contribution in [2.45, 2.75) is 44.4 Å². The van der Waals surface area contributed by atoms with Crippen LogP contribution in [0.15, 0.2) is 40.9 Å². The van der Waals surface area contributed by atoms with Gasteiger partial charge in [-0.25, -0.2) is 0 Å². The van der Waals surface area contributed by atoms with E-state index >= 15 is 0 Å². The molecule has 4 nitrogen and oxygen atoms in total. The van der Waals surface area contributed by atoms with Crippen molar-refractivity contribution in [3.8, 4) is 0 Å². The standard InChI is InChI=1S/C18H20BrN3O/c19-15-8-4-5-13(11-15)12-18(23)20-17-10-9-16(21-22-17)14-6-2-1-3-7-14/h4-5,8-11,14H,1-3,6-7,12H2,(H,20,22,23). The molecule has 1 saturated carbocycles.